The summed E-state index contributed by atoms with van der Waals surface area (Å²) in [6.07, 6.45) is 8.64. The van der Waals surface area contributed by atoms with Gasteiger partial charge in [-0.2, -0.15) is 5.10 Å². The molecule has 1 saturated carbocycles. The highest BCUT2D eigenvalue weighted by molar-refractivity contribution is 8.00. The van der Waals surface area contributed by atoms with Crippen LogP contribution in [-0.4, -0.2) is 22.3 Å². The van der Waals surface area contributed by atoms with Crippen molar-refractivity contribution >= 4 is 29.6 Å². The first-order chi connectivity index (χ1) is 13.0. The quantitative estimate of drug-likeness (QED) is 0.441. The number of nitro groups is 1. The van der Waals surface area contributed by atoms with Crippen molar-refractivity contribution in [2.45, 2.75) is 49.2 Å². The lowest BCUT2D eigenvalue weighted by Gasteiger charge is -2.20. The molecule has 7 nitrogen and oxygen atoms in total. The Morgan fingerprint density at radius 2 is 2.11 bits per heavy atom. The molecule has 1 N–H and O–H groups in total. The molecule has 27 heavy (non-hydrogen) atoms. The first kappa shape index (κ1) is 19.2. The number of furan rings is 1. The molecule has 1 heterocycles. The molecule has 2 aromatic rings. The van der Waals surface area contributed by atoms with Crippen LogP contribution in [0.4, 0.5) is 5.69 Å². The number of aryl methyl sites for hydroxylation is 1. The van der Waals surface area contributed by atoms with Gasteiger partial charge in [0, 0.05) is 22.4 Å². The Morgan fingerprint density at radius 3 is 2.78 bits per heavy atom. The highest BCUT2D eigenvalue weighted by atomic mass is 32.2. The highest BCUT2D eigenvalue weighted by Crippen LogP contribution is 2.38. The maximum absolute atomic E-state index is 11.9. The number of amides is 1. The minimum atomic E-state index is -0.465. The van der Waals surface area contributed by atoms with Gasteiger partial charge in [-0.05, 0) is 31.9 Å². The normalized spacial score (nSPS) is 15.1. The van der Waals surface area contributed by atoms with E-state index >= 15 is 0 Å². The Bertz CT molecular complexity index is 856. The van der Waals surface area contributed by atoms with E-state index < -0.39 is 5.91 Å². The Labute approximate surface area is 161 Å². The lowest BCUT2D eigenvalue weighted by atomic mass is 10.0. The summed E-state index contributed by atoms with van der Waals surface area (Å²) in [6.45, 7) is 1.76. The second kappa shape index (κ2) is 8.85. The molecular weight excluding hydrogens is 366 g/mol. The molecule has 0 atom stereocenters. The summed E-state index contributed by atoms with van der Waals surface area (Å²) in [7, 11) is 0. The lowest BCUT2D eigenvalue weighted by molar-refractivity contribution is -0.387. The SMILES string of the molecule is Cc1ccoc1C(=O)N/N=C/c1ccc(SC2CCCCC2)c([N+](=O)[O-])c1. The molecule has 1 aliphatic carbocycles. The van der Waals surface area contributed by atoms with Crippen LogP contribution in [-0.2, 0) is 0 Å². The smallest absolute Gasteiger partial charge is 0.307 e. The zero-order chi connectivity index (χ0) is 19.2. The topological polar surface area (TPSA) is 97.7 Å². The summed E-state index contributed by atoms with van der Waals surface area (Å²) < 4.78 is 5.09. The van der Waals surface area contributed by atoms with Crippen LogP contribution >= 0.6 is 11.8 Å². The molecule has 3 rings (SSSR count). The Morgan fingerprint density at radius 1 is 1.33 bits per heavy atom. The van der Waals surface area contributed by atoms with E-state index in [1.165, 1.54) is 37.8 Å². The molecule has 1 aromatic carbocycles. The number of carbonyl (C=O) groups excluding carboxylic acids is 1. The van der Waals surface area contributed by atoms with Crippen molar-refractivity contribution in [2.24, 2.45) is 5.10 Å². The van der Waals surface area contributed by atoms with Crippen molar-refractivity contribution in [3.8, 4) is 0 Å². The van der Waals surface area contributed by atoms with Crippen LogP contribution in [0.1, 0.15) is 53.8 Å². The van der Waals surface area contributed by atoms with Crippen LogP contribution in [0.5, 0.6) is 0 Å². The monoisotopic (exact) mass is 387 g/mol. The van der Waals surface area contributed by atoms with Crippen LogP contribution < -0.4 is 5.43 Å². The Balaban J connectivity index is 1.68. The molecule has 1 amide bonds. The molecule has 0 unspecified atom stereocenters. The third-order valence-electron chi connectivity index (χ3n) is 4.47. The summed E-state index contributed by atoms with van der Waals surface area (Å²) >= 11 is 1.59. The van der Waals surface area contributed by atoms with Crippen LogP contribution in [0.25, 0.3) is 0 Å². The fourth-order valence-corrected chi connectivity index (χ4v) is 4.37. The summed E-state index contributed by atoms with van der Waals surface area (Å²) in [5.41, 5.74) is 3.69. The summed E-state index contributed by atoms with van der Waals surface area (Å²) in [5, 5.41) is 15.8. The molecule has 0 radical (unpaired) electrons. The lowest BCUT2D eigenvalue weighted by Crippen LogP contribution is -2.17. The molecule has 0 aliphatic heterocycles. The fraction of sp³-hybridized carbons (Fsp3) is 0.368. The van der Waals surface area contributed by atoms with E-state index in [1.54, 1.807) is 36.9 Å². The average molecular weight is 387 g/mol. The molecule has 0 saturated heterocycles. The van der Waals surface area contributed by atoms with Gasteiger partial charge in [-0.1, -0.05) is 25.3 Å². The van der Waals surface area contributed by atoms with Gasteiger partial charge in [0.15, 0.2) is 5.76 Å². The van der Waals surface area contributed by atoms with Gasteiger partial charge in [0.2, 0.25) is 0 Å². The highest BCUT2D eigenvalue weighted by Gasteiger charge is 2.21. The molecule has 1 aromatic heterocycles. The summed E-state index contributed by atoms with van der Waals surface area (Å²) in [6, 6.07) is 6.70. The molecular formula is C19H21N3O4S. The maximum atomic E-state index is 11.9. The Hall–Kier alpha value is -2.61. The number of thioether (sulfide) groups is 1. The van der Waals surface area contributed by atoms with Gasteiger partial charge in [0.25, 0.3) is 5.69 Å². The van der Waals surface area contributed by atoms with Gasteiger partial charge in [0.1, 0.15) is 0 Å². The van der Waals surface area contributed by atoms with E-state index in [-0.39, 0.29) is 16.4 Å². The van der Waals surface area contributed by atoms with Crippen molar-refractivity contribution < 1.29 is 14.1 Å². The van der Waals surface area contributed by atoms with Gasteiger partial charge in [0.05, 0.1) is 22.3 Å². The predicted octanol–water partition coefficient (Wildman–Crippen LogP) is 4.68. The average Bonchev–Trinajstić information content (AvgIpc) is 3.09. The first-order valence-electron chi connectivity index (χ1n) is 8.87. The Kier molecular flexibility index (Phi) is 6.28. The van der Waals surface area contributed by atoms with Crippen LogP contribution in [0, 0.1) is 17.0 Å². The largest absolute Gasteiger partial charge is 0.459 e. The molecule has 1 fully saturated rings. The van der Waals surface area contributed by atoms with Gasteiger partial charge in [-0.25, -0.2) is 5.43 Å². The number of hydrogen-bond acceptors (Lipinski definition) is 6. The summed E-state index contributed by atoms with van der Waals surface area (Å²) in [4.78, 5) is 23.7. The van der Waals surface area contributed by atoms with Crippen LogP contribution in [0.15, 0.2) is 44.9 Å². The van der Waals surface area contributed by atoms with Crippen molar-refractivity contribution in [1.29, 1.82) is 0 Å². The number of nitrogens with one attached hydrogen (secondary N) is 1. The third-order valence-corrected chi connectivity index (χ3v) is 5.88. The van der Waals surface area contributed by atoms with Gasteiger partial charge >= 0.3 is 5.91 Å². The van der Waals surface area contributed by atoms with E-state index in [2.05, 4.69) is 10.5 Å². The zero-order valence-electron chi connectivity index (χ0n) is 15.0. The van der Waals surface area contributed by atoms with E-state index in [9.17, 15) is 14.9 Å². The van der Waals surface area contributed by atoms with E-state index in [0.29, 0.717) is 21.3 Å². The van der Waals surface area contributed by atoms with Crippen molar-refractivity contribution in [3.05, 3.63) is 57.5 Å². The number of benzene rings is 1. The van der Waals surface area contributed by atoms with Crippen molar-refractivity contribution in [1.82, 2.24) is 5.43 Å². The predicted molar refractivity (Wildman–Crippen MR) is 104 cm³/mol. The maximum Gasteiger partial charge on any atom is 0.307 e. The van der Waals surface area contributed by atoms with Gasteiger partial charge in [-0.3, -0.25) is 14.9 Å². The van der Waals surface area contributed by atoms with Crippen molar-refractivity contribution in [2.75, 3.05) is 0 Å². The van der Waals surface area contributed by atoms with Crippen LogP contribution in [0.2, 0.25) is 0 Å². The van der Waals surface area contributed by atoms with Gasteiger partial charge < -0.3 is 4.42 Å². The van der Waals surface area contributed by atoms with E-state index in [0.717, 1.165) is 12.8 Å². The second-order valence-electron chi connectivity index (χ2n) is 6.49. The van der Waals surface area contributed by atoms with E-state index in [4.69, 9.17) is 4.42 Å². The first-order valence-corrected chi connectivity index (χ1v) is 9.75. The molecule has 1 aliphatic rings. The summed E-state index contributed by atoms with van der Waals surface area (Å²) in [5.74, 6) is -0.273. The molecule has 0 bridgehead atoms. The molecule has 8 heteroatoms. The second-order valence-corrected chi connectivity index (χ2v) is 7.84. The minimum Gasteiger partial charge on any atom is -0.459 e. The standard InChI is InChI=1S/C19H21N3O4S/c1-13-9-10-26-18(13)19(23)21-20-12-14-7-8-17(16(11-14)22(24)25)27-15-5-3-2-4-6-15/h7-12,15H,2-6H2,1H3,(H,21,23)/b20-12+. The number of nitro benzene ring substituents is 1. The molecule has 142 valence electrons. The third kappa shape index (κ3) is 4.97. The number of hydrogen-bond donors (Lipinski definition) is 1. The minimum absolute atomic E-state index is 0.0720. The number of carbonyl (C=O) groups is 1. The van der Waals surface area contributed by atoms with Gasteiger partial charge in [-0.15, -0.1) is 11.8 Å². The molecule has 0 spiro atoms. The number of nitrogens with zero attached hydrogens (tertiary/aromatic N) is 2. The zero-order valence-corrected chi connectivity index (χ0v) is 15.8. The van der Waals surface area contributed by atoms with Crippen molar-refractivity contribution in [3.63, 3.8) is 0 Å². The number of hydrazone groups is 1. The number of rotatable bonds is 6. The fourth-order valence-electron chi connectivity index (χ4n) is 3.04. The van der Waals surface area contributed by atoms with Crippen LogP contribution in [0.3, 0.4) is 0 Å². The van der Waals surface area contributed by atoms with E-state index in [1.807, 2.05) is 0 Å².